The molecule has 0 saturated carbocycles. The van der Waals surface area contributed by atoms with Crippen LogP contribution in [0.2, 0.25) is 0 Å². The highest BCUT2D eigenvalue weighted by molar-refractivity contribution is 6.28. The quantitative estimate of drug-likeness (QED) is 0.723. The van der Waals surface area contributed by atoms with Crippen molar-refractivity contribution in [3.8, 4) is 11.5 Å². The van der Waals surface area contributed by atoms with Crippen LogP contribution in [-0.4, -0.2) is 23.8 Å². The highest BCUT2D eigenvalue weighted by atomic mass is 16.5. The fourth-order valence-electron chi connectivity index (χ4n) is 2.24. The first kappa shape index (κ1) is 11.5. The zero-order chi connectivity index (χ0) is 13.6. The summed E-state index contributed by atoms with van der Waals surface area (Å²) in [6, 6.07) is 8.95. The Labute approximate surface area is 109 Å². The maximum atomic E-state index is 12.3. The summed E-state index contributed by atoms with van der Waals surface area (Å²) in [4.78, 5) is 24.6. The summed E-state index contributed by atoms with van der Waals surface area (Å²) in [5, 5.41) is 9.44. The molecule has 94 valence electrons. The van der Waals surface area contributed by atoms with E-state index in [2.05, 4.69) is 0 Å². The van der Waals surface area contributed by atoms with Gasteiger partial charge in [-0.15, -0.1) is 0 Å². The maximum Gasteiger partial charge on any atom is 0.194 e. The minimum absolute atomic E-state index is 0.0307. The number of aromatic hydroxyl groups is 1. The van der Waals surface area contributed by atoms with Gasteiger partial charge in [0.25, 0.3) is 0 Å². The monoisotopic (exact) mass is 254 g/mol. The van der Waals surface area contributed by atoms with Crippen molar-refractivity contribution < 1.29 is 19.4 Å². The number of rotatable bonds is 1. The van der Waals surface area contributed by atoms with Crippen LogP contribution in [0.3, 0.4) is 0 Å². The molecule has 3 rings (SSSR count). The Morgan fingerprint density at radius 2 is 1.42 bits per heavy atom. The SMILES string of the molecule is COc1ccc2c(c1)C(=O)c1ccc(O)cc1C2=O. The molecule has 0 atom stereocenters. The second kappa shape index (κ2) is 3.95. The first-order valence-corrected chi connectivity index (χ1v) is 5.72. The number of methoxy groups -OCH3 is 1. The lowest BCUT2D eigenvalue weighted by atomic mass is 9.84. The second-order valence-electron chi connectivity index (χ2n) is 4.30. The molecule has 0 amide bonds. The third kappa shape index (κ3) is 1.61. The number of carbonyl (C=O) groups is 2. The minimum atomic E-state index is -0.261. The molecule has 0 radical (unpaired) electrons. The Hall–Kier alpha value is -2.62. The minimum Gasteiger partial charge on any atom is -0.508 e. The van der Waals surface area contributed by atoms with E-state index >= 15 is 0 Å². The third-order valence-electron chi connectivity index (χ3n) is 3.21. The summed E-state index contributed by atoms with van der Waals surface area (Å²) < 4.78 is 5.07. The standard InChI is InChI=1S/C15H10O4/c1-19-9-3-5-11-13(7-9)15(18)10-4-2-8(16)6-12(10)14(11)17/h2-7,16H,1H3. The number of phenolic OH excluding ortho intramolecular Hbond substituents is 1. The van der Waals surface area contributed by atoms with Gasteiger partial charge in [-0.05, 0) is 36.4 Å². The van der Waals surface area contributed by atoms with Crippen molar-refractivity contribution in [1.29, 1.82) is 0 Å². The third-order valence-corrected chi connectivity index (χ3v) is 3.21. The topological polar surface area (TPSA) is 63.6 Å². The molecule has 0 aliphatic heterocycles. The first-order valence-electron chi connectivity index (χ1n) is 5.72. The van der Waals surface area contributed by atoms with Gasteiger partial charge >= 0.3 is 0 Å². The van der Waals surface area contributed by atoms with Crippen LogP contribution in [-0.2, 0) is 0 Å². The second-order valence-corrected chi connectivity index (χ2v) is 4.30. The van der Waals surface area contributed by atoms with E-state index in [9.17, 15) is 14.7 Å². The summed E-state index contributed by atoms with van der Waals surface area (Å²) in [5.74, 6) is 0.00523. The van der Waals surface area contributed by atoms with Crippen LogP contribution in [0.15, 0.2) is 36.4 Å². The van der Waals surface area contributed by atoms with Crippen LogP contribution in [0.4, 0.5) is 0 Å². The van der Waals surface area contributed by atoms with Crippen LogP contribution in [0.1, 0.15) is 31.8 Å². The van der Waals surface area contributed by atoms with Crippen LogP contribution < -0.4 is 4.74 Å². The van der Waals surface area contributed by atoms with Crippen molar-refractivity contribution in [2.45, 2.75) is 0 Å². The smallest absolute Gasteiger partial charge is 0.194 e. The molecule has 0 unspecified atom stereocenters. The molecule has 1 N–H and O–H groups in total. The Morgan fingerprint density at radius 1 is 0.842 bits per heavy atom. The average molecular weight is 254 g/mol. The van der Waals surface area contributed by atoms with Crippen molar-refractivity contribution in [2.75, 3.05) is 7.11 Å². The first-order chi connectivity index (χ1) is 9.11. The van der Waals surface area contributed by atoms with Crippen molar-refractivity contribution in [3.63, 3.8) is 0 Å². The van der Waals surface area contributed by atoms with Gasteiger partial charge in [0.1, 0.15) is 11.5 Å². The van der Waals surface area contributed by atoms with Crippen LogP contribution >= 0.6 is 0 Å². The Balaban J connectivity index is 2.26. The van der Waals surface area contributed by atoms with E-state index in [1.54, 1.807) is 18.2 Å². The molecular formula is C15H10O4. The molecule has 4 nitrogen and oxygen atoms in total. The van der Waals surface area contributed by atoms with E-state index in [-0.39, 0.29) is 22.9 Å². The van der Waals surface area contributed by atoms with E-state index in [4.69, 9.17) is 4.74 Å². The largest absolute Gasteiger partial charge is 0.508 e. The Bertz CT molecular complexity index is 716. The Kier molecular flexibility index (Phi) is 2.38. The van der Waals surface area contributed by atoms with Crippen LogP contribution in [0.5, 0.6) is 11.5 Å². The number of ketones is 2. The predicted octanol–water partition coefficient (Wildman–Crippen LogP) is 2.18. The molecule has 2 aromatic carbocycles. The molecule has 1 aliphatic carbocycles. The van der Waals surface area contributed by atoms with Gasteiger partial charge < -0.3 is 9.84 Å². The van der Waals surface area contributed by atoms with Gasteiger partial charge in [0.05, 0.1) is 7.11 Å². The van der Waals surface area contributed by atoms with Crippen molar-refractivity contribution in [3.05, 3.63) is 58.7 Å². The summed E-state index contributed by atoms with van der Waals surface area (Å²) in [7, 11) is 1.50. The number of carbonyl (C=O) groups excluding carboxylic acids is 2. The maximum absolute atomic E-state index is 12.3. The average Bonchev–Trinajstić information content (AvgIpc) is 2.44. The summed E-state index contributed by atoms with van der Waals surface area (Å²) in [5.41, 5.74) is 1.22. The number of hydrogen-bond donors (Lipinski definition) is 1. The van der Waals surface area contributed by atoms with Crippen molar-refractivity contribution in [1.82, 2.24) is 0 Å². The predicted molar refractivity (Wildman–Crippen MR) is 68.0 cm³/mol. The molecule has 2 aromatic rings. The number of phenols is 1. The molecule has 0 bridgehead atoms. The molecule has 0 aromatic heterocycles. The van der Waals surface area contributed by atoms with E-state index < -0.39 is 0 Å². The highest BCUT2D eigenvalue weighted by Gasteiger charge is 2.30. The van der Waals surface area contributed by atoms with Gasteiger partial charge in [0.2, 0.25) is 0 Å². The van der Waals surface area contributed by atoms with E-state index in [1.807, 2.05) is 0 Å². The highest BCUT2D eigenvalue weighted by Crippen LogP contribution is 2.31. The Morgan fingerprint density at radius 3 is 2.05 bits per heavy atom. The molecule has 0 spiro atoms. The number of fused-ring (bicyclic) bond motifs is 2. The zero-order valence-electron chi connectivity index (χ0n) is 10.1. The van der Waals surface area contributed by atoms with Crippen molar-refractivity contribution in [2.24, 2.45) is 0 Å². The van der Waals surface area contributed by atoms with Gasteiger partial charge in [-0.3, -0.25) is 9.59 Å². The van der Waals surface area contributed by atoms with Crippen LogP contribution in [0, 0.1) is 0 Å². The fraction of sp³-hybridized carbons (Fsp3) is 0.0667. The molecule has 19 heavy (non-hydrogen) atoms. The lowest BCUT2D eigenvalue weighted by Gasteiger charge is -2.18. The molecule has 1 aliphatic rings. The summed E-state index contributed by atoms with van der Waals surface area (Å²) in [6.45, 7) is 0. The summed E-state index contributed by atoms with van der Waals surface area (Å²) in [6.07, 6.45) is 0. The number of hydrogen-bond acceptors (Lipinski definition) is 4. The van der Waals surface area contributed by atoms with Gasteiger partial charge in [-0.25, -0.2) is 0 Å². The zero-order valence-corrected chi connectivity index (χ0v) is 10.1. The lowest BCUT2D eigenvalue weighted by molar-refractivity contribution is 0.0978. The lowest BCUT2D eigenvalue weighted by Crippen LogP contribution is -2.20. The fourth-order valence-corrected chi connectivity index (χ4v) is 2.24. The van der Waals surface area contributed by atoms with Gasteiger partial charge in [-0.2, -0.15) is 0 Å². The van der Waals surface area contributed by atoms with E-state index in [0.29, 0.717) is 22.4 Å². The van der Waals surface area contributed by atoms with Gasteiger partial charge in [-0.1, -0.05) is 0 Å². The normalized spacial score (nSPS) is 12.9. The molecular weight excluding hydrogens is 244 g/mol. The molecule has 4 heteroatoms. The van der Waals surface area contributed by atoms with Gasteiger partial charge in [0.15, 0.2) is 11.6 Å². The molecule has 0 saturated heterocycles. The van der Waals surface area contributed by atoms with Crippen molar-refractivity contribution >= 4 is 11.6 Å². The van der Waals surface area contributed by atoms with E-state index in [0.717, 1.165) is 0 Å². The molecule has 0 fully saturated rings. The summed E-state index contributed by atoms with van der Waals surface area (Å²) >= 11 is 0. The van der Waals surface area contributed by atoms with E-state index in [1.165, 1.54) is 25.3 Å². The number of ether oxygens (including phenoxy) is 1. The number of benzene rings is 2. The van der Waals surface area contributed by atoms with Gasteiger partial charge in [0, 0.05) is 22.3 Å². The van der Waals surface area contributed by atoms with Crippen LogP contribution in [0.25, 0.3) is 0 Å². The molecule has 0 heterocycles.